The number of amides is 1. The van der Waals surface area contributed by atoms with E-state index in [1.165, 1.54) is 128 Å². The number of carbonyl (C=O) groups is 3. The summed E-state index contributed by atoms with van der Waals surface area (Å²) in [5.74, 6) is -2.37. The van der Waals surface area contributed by atoms with Crippen molar-refractivity contribution in [2.24, 2.45) is 0 Å². The normalized spacial score (nSPS) is 13.8. The molecule has 0 rings (SSSR count). The third-order valence-electron chi connectivity index (χ3n) is 10.3. The van der Waals surface area contributed by atoms with Gasteiger partial charge in [-0.1, -0.05) is 187 Å². The van der Waals surface area contributed by atoms with Crippen molar-refractivity contribution < 1.29 is 47.8 Å². The highest BCUT2D eigenvalue weighted by Gasteiger charge is 2.28. The van der Waals surface area contributed by atoms with Crippen LogP contribution in [0.3, 0.4) is 0 Å². The molecular weight excluding hydrogens is 745 g/mol. The molecule has 0 saturated heterocycles. The first kappa shape index (κ1) is 55.2. The van der Waals surface area contributed by atoms with Crippen LogP contribution in [0.25, 0.3) is 0 Å². The first-order chi connectivity index (χ1) is 27.6. The molecular formula is C45H86NO10P. The van der Waals surface area contributed by atoms with Crippen molar-refractivity contribution in [3.05, 3.63) is 12.2 Å². The minimum atomic E-state index is -4.75. The van der Waals surface area contributed by atoms with E-state index in [9.17, 15) is 34.1 Å². The molecule has 0 saturated carbocycles. The van der Waals surface area contributed by atoms with Gasteiger partial charge in [-0.3, -0.25) is 18.6 Å². The first-order valence-electron chi connectivity index (χ1n) is 23.2. The van der Waals surface area contributed by atoms with Crippen molar-refractivity contribution in [2.45, 2.75) is 238 Å². The Morgan fingerprint density at radius 1 is 0.544 bits per heavy atom. The number of phosphoric acid groups is 1. The maximum absolute atomic E-state index is 12.3. The second kappa shape index (κ2) is 41.0. The van der Waals surface area contributed by atoms with Crippen molar-refractivity contribution in [3.63, 3.8) is 0 Å². The van der Waals surface area contributed by atoms with Crippen LogP contribution in [0.15, 0.2) is 12.2 Å². The minimum Gasteiger partial charge on any atom is -0.480 e. The number of phosphoric ester groups is 1. The predicted octanol–water partition coefficient (Wildman–Crippen LogP) is 12.1. The smallest absolute Gasteiger partial charge is 0.472 e. The van der Waals surface area contributed by atoms with E-state index in [1.54, 1.807) is 0 Å². The van der Waals surface area contributed by atoms with Gasteiger partial charge >= 0.3 is 19.8 Å². The van der Waals surface area contributed by atoms with Crippen molar-refractivity contribution >= 4 is 25.7 Å². The highest BCUT2D eigenvalue weighted by Crippen LogP contribution is 2.43. The van der Waals surface area contributed by atoms with Crippen LogP contribution in [-0.2, 0) is 32.7 Å². The number of carboxylic acids is 1. The van der Waals surface area contributed by atoms with E-state index < -0.39 is 57.6 Å². The van der Waals surface area contributed by atoms with Crippen molar-refractivity contribution in [3.8, 4) is 0 Å². The highest BCUT2D eigenvalue weighted by atomic mass is 31.2. The molecule has 4 N–H and O–H groups in total. The second-order valence-corrected chi connectivity index (χ2v) is 17.4. The molecule has 0 aromatic rings. The molecule has 0 heterocycles. The lowest BCUT2D eigenvalue weighted by Crippen LogP contribution is -2.43. The average molecular weight is 832 g/mol. The molecule has 3 atom stereocenters. The Labute approximate surface area is 347 Å². The van der Waals surface area contributed by atoms with E-state index >= 15 is 0 Å². The van der Waals surface area contributed by atoms with Crippen LogP contribution in [0.1, 0.15) is 226 Å². The number of unbranched alkanes of at least 4 members (excludes halogenated alkanes) is 28. The lowest BCUT2D eigenvalue weighted by molar-refractivity contribution is -0.147. The molecule has 12 heteroatoms. The Morgan fingerprint density at radius 3 is 1.33 bits per heavy atom. The van der Waals surface area contributed by atoms with Crippen LogP contribution in [0.4, 0.5) is 0 Å². The Balaban J connectivity index is 3.86. The summed E-state index contributed by atoms with van der Waals surface area (Å²) in [6.45, 7) is 2.61. The Morgan fingerprint density at radius 2 is 0.912 bits per heavy atom. The fourth-order valence-electron chi connectivity index (χ4n) is 6.66. The number of esters is 1. The molecule has 11 nitrogen and oxygen atoms in total. The summed E-state index contributed by atoms with van der Waals surface area (Å²) >= 11 is 0. The third-order valence-corrected chi connectivity index (χ3v) is 11.3. The number of rotatable bonds is 44. The fourth-order valence-corrected chi connectivity index (χ4v) is 7.44. The lowest BCUT2D eigenvalue weighted by atomic mass is 10.0. The summed E-state index contributed by atoms with van der Waals surface area (Å²) in [6.07, 6.45) is 40.9. The summed E-state index contributed by atoms with van der Waals surface area (Å²) in [5, 5.41) is 21.9. The number of hydrogen-bond acceptors (Lipinski definition) is 8. The van der Waals surface area contributed by atoms with Gasteiger partial charge in [0.05, 0.1) is 13.2 Å². The van der Waals surface area contributed by atoms with E-state index in [2.05, 4.69) is 31.3 Å². The molecule has 336 valence electrons. The van der Waals surface area contributed by atoms with Crippen LogP contribution in [0.2, 0.25) is 0 Å². The SMILES string of the molecule is CCCCCCCCC/C=C\CCCCCCCC(=O)OCC(O)COP(=O)(O)OCC(NC(=O)CCCCCCCCCCCCCCCCCCC)C(=O)O. The molecule has 0 spiro atoms. The van der Waals surface area contributed by atoms with Gasteiger partial charge in [-0.15, -0.1) is 0 Å². The second-order valence-electron chi connectivity index (χ2n) is 15.9. The minimum absolute atomic E-state index is 0.151. The van der Waals surface area contributed by atoms with E-state index in [-0.39, 0.29) is 12.8 Å². The number of carbonyl (C=O) groups excluding carboxylic acids is 2. The molecule has 0 radical (unpaired) electrons. The monoisotopic (exact) mass is 832 g/mol. The summed E-state index contributed by atoms with van der Waals surface area (Å²) in [4.78, 5) is 46.0. The van der Waals surface area contributed by atoms with Crippen molar-refractivity contribution in [1.82, 2.24) is 5.32 Å². The van der Waals surface area contributed by atoms with E-state index in [0.717, 1.165) is 57.8 Å². The van der Waals surface area contributed by atoms with Gasteiger partial charge in [0.25, 0.3) is 0 Å². The highest BCUT2D eigenvalue weighted by molar-refractivity contribution is 7.47. The number of ether oxygens (including phenoxy) is 1. The van der Waals surface area contributed by atoms with Gasteiger partial charge in [-0.05, 0) is 38.5 Å². The molecule has 0 aromatic heterocycles. The molecule has 0 fully saturated rings. The van der Waals surface area contributed by atoms with Crippen LogP contribution < -0.4 is 5.32 Å². The summed E-state index contributed by atoms with van der Waals surface area (Å²) in [5.41, 5.74) is 0. The van der Waals surface area contributed by atoms with Gasteiger partial charge in [0.1, 0.15) is 12.7 Å². The lowest BCUT2D eigenvalue weighted by Gasteiger charge is -2.18. The molecule has 0 aliphatic carbocycles. The van der Waals surface area contributed by atoms with E-state index in [1.807, 2.05) is 0 Å². The van der Waals surface area contributed by atoms with Gasteiger partial charge in [-0.2, -0.15) is 0 Å². The molecule has 0 aliphatic heterocycles. The Kier molecular flexibility index (Phi) is 39.7. The van der Waals surface area contributed by atoms with Gasteiger partial charge in [0.2, 0.25) is 5.91 Å². The number of carboxylic acid groups (broad SMARTS) is 1. The largest absolute Gasteiger partial charge is 0.480 e. The maximum Gasteiger partial charge on any atom is 0.472 e. The van der Waals surface area contributed by atoms with Crippen LogP contribution >= 0.6 is 7.82 Å². The van der Waals surface area contributed by atoms with Gasteiger partial charge in [0, 0.05) is 12.8 Å². The standard InChI is InChI=1S/C45H86NO10P/c1-3-5-7-9-11-13-15-17-19-21-22-24-26-28-30-32-34-36-43(48)46-42(45(50)51)40-56-57(52,53)55-39-41(47)38-54-44(49)37-35-33-31-29-27-25-23-20-18-16-14-12-10-8-6-4-2/h20,23,41-42,47H,3-19,21-22,24-40H2,1-2H3,(H,46,48)(H,50,51)(H,52,53)/b23-20-. The zero-order valence-corrected chi connectivity index (χ0v) is 37.3. The Hall–Kier alpha value is -1.78. The van der Waals surface area contributed by atoms with E-state index in [0.29, 0.717) is 12.8 Å². The topological polar surface area (TPSA) is 169 Å². The van der Waals surface area contributed by atoms with Crippen molar-refractivity contribution in [1.29, 1.82) is 0 Å². The number of aliphatic hydroxyl groups is 1. The number of aliphatic hydroxyl groups excluding tert-OH is 1. The molecule has 1 amide bonds. The number of hydrogen-bond donors (Lipinski definition) is 4. The fraction of sp³-hybridized carbons (Fsp3) is 0.889. The predicted molar refractivity (Wildman–Crippen MR) is 231 cm³/mol. The zero-order valence-electron chi connectivity index (χ0n) is 36.4. The molecule has 57 heavy (non-hydrogen) atoms. The van der Waals surface area contributed by atoms with E-state index in [4.69, 9.17) is 13.8 Å². The summed E-state index contributed by atoms with van der Waals surface area (Å²) < 4.78 is 26.9. The van der Waals surface area contributed by atoms with Gasteiger partial charge in [0.15, 0.2) is 6.04 Å². The van der Waals surface area contributed by atoms with Crippen LogP contribution in [0.5, 0.6) is 0 Å². The first-order valence-corrected chi connectivity index (χ1v) is 24.7. The zero-order chi connectivity index (χ0) is 42.1. The summed E-state index contributed by atoms with van der Waals surface area (Å²) in [6, 6.07) is -1.54. The number of nitrogens with one attached hydrogen (secondary N) is 1. The molecule has 3 unspecified atom stereocenters. The molecule has 0 bridgehead atoms. The maximum atomic E-state index is 12.3. The number of allylic oxidation sites excluding steroid dienone is 2. The summed E-state index contributed by atoms with van der Waals surface area (Å²) in [7, 11) is -4.75. The average Bonchev–Trinajstić information content (AvgIpc) is 3.18. The Bertz CT molecular complexity index is 1030. The molecule has 0 aliphatic rings. The molecule has 0 aromatic carbocycles. The van der Waals surface area contributed by atoms with Crippen molar-refractivity contribution in [2.75, 3.05) is 19.8 Å². The number of aliphatic carboxylic acids is 1. The van der Waals surface area contributed by atoms with Crippen LogP contribution in [0, 0.1) is 0 Å². The quantitative estimate of drug-likeness (QED) is 0.0201. The van der Waals surface area contributed by atoms with Gasteiger partial charge < -0.3 is 25.2 Å². The van der Waals surface area contributed by atoms with Gasteiger partial charge in [-0.25, -0.2) is 9.36 Å². The van der Waals surface area contributed by atoms with Crippen LogP contribution in [-0.4, -0.2) is 64.9 Å². The third kappa shape index (κ3) is 40.8.